The summed E-state index contributed by atoms with van der Waals surface area (Å²) >= 11 is 0. The molecule has 1 aromatic heterocycles. The van der Waals surface area contributed by atoms with Gasteiger partial charge in [0.15, 0.2) is 5.82 Å². The Morgan fingerprint density at radius 1 is 0.778 bits per heavy atom. The lowest BCUT2D eigenvalue weighted by atomic mass is 10.1. The minimum absolute atomic E-state index is 0.109. The first-order chi connectivity index (χ1) is 13.2. The molecule has 138 valence electrons. The van der Waals surface area contributed by atoms with Gasteiger partial charge < -0.3 is 9.64 Å². The van der Waals surface area contributed by atoms with E-state index in [0.29, 0.717) is 11.4 Å². The minimum Gasteiger partial charge on any atom is -0.490 e. The Labute approximate surface area is 156 Å². The fourth-order valence-corrected chi connectivity index (χ4v) is 3.18. The molecule has 3 aromatic rings. The highest BCUT2D eigenvalue weighted by Crippen LogP contribution is 2.23. The van der Waals surface area contributed by atoms with Gasteiger partial charge in [-0.2, -0.15) is 0 Å². The molecule has 0 N–H and O–H groups in total. The second-order valence-corrected chi connectivity index (χ2v) is 6.54. The third-order valence-electron chi connectivity index (χ3n) is 4.67. The second kappa shape index (κ2) is 7.70. The van der Waals surface area contributed by atoms with Crippen molar-refractivity contribution in [3.8, 4) is 17.0 Å². The zero-order valence-corrected chi connectivity index (χ0v) is 14.7. The maximum absolute atomic E-state index is 13.0. The van der Waals surface area contributed by atoms with Crippen LogP contribution in [-0.2, 0) is 0 Å². The van der Waals surface area contributed by atoms with Crippen molar-refractivity contribution >= 4 is 5.82 Å². The Morgan fingerprint density at radius 2 is 1.41 bits per heavy atom. The van der Waals surface area contributed by atoms with Crippen LogP contribution in [-0.4, -0.2) is 29.4 Å². The van der Waals surface area contributed by atoms with E-state index in [9.17, 15) is 8.78 Å². The number of nitrogens with zero attached hydrogens (tertiary/aromatic N) is 3. The third kappa shape index (κ3) is 4.22. The largest absolute Gasteiger partial charge is 0.490 e. The van der Waals surface area contributed by atoms with Gasteiger partial charge in [0.25, 0.3) is 0 Å². The molecule has 2 heterocycles. The van der Waals surface area contributed by atoms with Gasteiger partial charge in [-0.15, -0.1) is 10.2 Å². The molecule has 6 heteroatoms. The normalized spacial score (nSPS) is 15.0. The molecule has 0 atom stereocenters. The molecule has 1 fully saturated rings. The second-order valence-electron chi connectivity index (χ2n) is 6.54. The van der Waals surface area contributed by atoms with E-state index < -0.39 is 0 Å². The van der Waals surface area contributed by atoms with E-state index >= 15 is 0 Å². The number of anilines is 1. The Bertz CT molecular complexity index is 875. The Kier molecular flexibility index (Phi) is 4.96. The smallest absolute Gasteiger partial charge is 0.151 e. The number of hydrogen-bond donors (Lipinski definition) is 0. The predicted molar refractivity (Wildman–Crippen MR) is 99.7 cm³/mol. The molecule has 2 aromatic carbocycles. The zero-order chi connectivity index (χ0) is 18.6. The van der Waals surface area contributed by atoms with Crippen molar-refractivity contribution < 1.29 is 13.5 Å². The molecule has 1 aliphatic heterocycles. The number of hydrogen-bond acceptors (Lipinski definition) is 4. The van der Waals surface area contributed by atoms with Crippen molar-refractivity contribution in [1.29, 1.82) is 0 Å². The molecule has 1 aliphatic rings. The lowest BCUT2D eigenvalue weighted by molar-refractivity contribution is 0.170. The number of halogens is 2. The van der Waals surface area contributed by atoms with E-state index in [1.54, 1.807) is 24.3 Å². The highest BCUT2D eigenvalue weighted by molar-refractivity contribution is 5.59. The number of piperidine rings is 1. The fourth-order valence-electron chi connectivity index (χ4n) is 3.18. The monoisotopic (exact) mass is 367 g/mol. The molecule has 4 rings (SSSR count). The number of aromatic nitrogens is 2. The lowest BCUT2D eigenvalue weighted by Gasteiger charge is -2.32. The molecular formula is C21H19F2N3O. The summed E-state index contributed by atoms with van der Waals surface area (Å²) in [4.78, 5) is 2.17. The number of benzene rings is 2. The molecular weight excluding hydrogens is 348 g/mol. The summed E-state index contributed by atoms with van der Waals surface area (Å²) in [7, 11) is 0. The summed E-state index contributed by atoms with van der Waals surface area (Å²) < 4.78 is 31.9. The topological polar surface area (TPSA) is 38.2 Å². The first-order valence-electron chi connectivity index (χ1n) is 8.94. The van der Waals surface area contributed by atoms with Crippen LogP contribution in [0.4, 0.5) is 14.6 Å². The van der Waals surface area contributed by atoms with Gasteiger partial charge in [0.2, 0.25) is 0 Å². The molecule has 0 radical (unpaired) electrons. The van der Waals surface area contributed by atoms with Gasteiger partial charge in [-0.05, 0) is 60.7 Å². The Morgan fingerprint density at radius 3 is 2.00 bits per heavy atom. The summed E-state index contributed by atoms with van der Waals surface area (Å²) in [6.07, 6.45) is 1.83. The van der Waals surface area contributed by atoms with E-state index in [1.165, 1.54) is 24.3 Å². The van der Waals surface area contributed by atoms with E-state index in [2.05, 4.69) is 15.1 Å². The maximum atomic E-state index is 13.0. The first-order valence-corrected chi connectivity index (χ1v) is 8.94. The highest BCUT2D eigenvalue weighted by Gasteiger charge is 2.21. The van der Waals surface area contributed by atoms with Crippen LogP contribution in [0.3, 0.4) is 0 Å². The SMILES string of the molecule is Fc1ccc(OC2CCN(c3ccc(-c4ccc(F)cc4)nn3)CC2)cc1. The molecule has 27 heavy (non-hydrogen) atoms. The van der Waals surface area contributed by atoms with Gasteiger partial charge in [0.05, 0.1) is 5.69 Å². The fraction of sp³-hybridized carbons (Fsp3) is 0.238. The molecule has 0 saturated carbocycles. The van der Waals surface area contributed by atoms with Crippen molar-refractivity contribution in [2.24, 2.45) is 0 Å². The Balaban J connectivity index is 1.35. The van der Waals surface area contributed by atoms with Gasteiger partial charge in [-0.25, -0.2) is 8.78 Å². The van der Waals surface area contributed by atoms with Crippen LogP contribution in [0.5, 0.6) is 5.75 Å². The van der Waals surface area contributed by atoms with Crippen LogP contribution < -0.4 is 9.64 Å². The number of ether oxygens (including phenoxy) is 1. The summed E-state index contributed by atoms with van der Waals surface area (Å²) in [6.45, 7) is 1.63. The van der Waals surface area contributed by atoms with E-state index in [0.717, 1.165) is 37.3 Å². The molecule has 0 amide bonds. The van der Waals surface area contributed by atoms with Crippen molar-refractivity contribution in [1.82, 2.24) is 10.2 Å². The van der Waals surface area contributed by atoms with E-state index in [-0.39, 0.29) is 17.7 Å². The minimum atomic E-state index is -0.269. The van der Waals surface area contributed by atoms with Crippen molar-refractivity contribution in [3.05, 3.63) is 72.3 Å². The lowest BCUT2D eigenvalue weighted by Crippen LogP contribution is -2.38. The maximum Gasteiger partial charge on any atom is 0.151 e. The highest BCUT2D eigenvalue weighted by atomic mass is 19.1. The van der Waals surface area contributed by atoms with Crippen LogP contribution in [0, 0.1) is 11.6 Å². The summed E-state index contributed by atoms with van der Waals surface area (Å²) in [5.74, 6) is 0.980. The Hall–Kier alpha value is -3.02. The predicted octanol–water partition coefficient (Wildman–Crippen LogP) is 4.47. The van der Waals surface area contributed by atoms with E-state index in [4.69, 9.17) is 4.74 Å². The zero-order valence-electron chi connectivity index (χ0n) is 14.7. The van der Waals surface area contributed by atoms with Crippen molar-refractivity contribution in [3.63, 3.8) is 0 Å². The molecule has 1 saturated heterocycles. The van der Waals surface area contributed by atoms with Crippen molar-refractivity contribution in [2.45, 2.75) is 18.9 Å². The molecule has 4 nitrogen and oxygen atoms in total. The standard InChI is InChI=1S/C21H19F2N3O/c22-16-3-1-15(2-4-16)20-9-10-21(25-24-20)26-13-11-19(12-14-26)27-18-7-5-17(23)6-8-18/h1-10,19H,11-14H2. The third-order valence-corrected chi connectivity index (χ3v) is 4.67. The number of rotatable bonds is 4. The van der Waals surface area contributed by atoms with Gasteiger partial charge in [-0.1, -0.05) is 0 Å². The quantitative estimate of drug-likeness (QED) is 0.682. The van der Waals surface area contributed by atoms with Crippen LogP contribution in [0.2, 0.25) is 0 Å². The summed E-state index contributed by atoms with van der Waals surface area (Å²) in [5.41, 5.74) is 1.55. The summed E-state index contributed by atoms with van der Waals surface area (Å²) in [6, 6.07) is 16.2. The molecule has 0 aliphatic carbocycles. The van der Waals surface area contributed by atoms with Crippen LogP contribution in [0.1, 0.15) is 12.8 Å². The van der Waals surface area contributed by atoms with Crippen LogP contribution in [0.25, 0.3) is 11.3 Å². The van der Waals surface area contributed by atoms with Gasteiger partial charge >= 0.3 is 0 Å². The van der Waals surface area contributed by atoms with Gasteiger partial charge in [-0.3, -0.25) is 0 Å². The molecule has 0 spiro atoms. The van der Waals surface area contributed by atoms with Crippen molar-refractivity contribution in [2.75, 3.05) is 18.0 Å². The molecule has 0 unspecified atom stereocenters. The average molecular weight is 367 g/mol. The van der Waals surface area contributed by atoms with Gasteiger partial charge in [0.1, 0.15) is 23.5 Å². The molecule has 0 bridgehead atoms. The summed E-state index contributed by atoms with van der Waals surface area (Å²) in [5, 5.41) is 8.59. The van der Waals surface area contributed by atoms with Crippen LogP contribution in [0.15, 0.2) is 60.7 Å². The van der Waals surface area contributed by atoms with E-state index in [1.807, 2.05) is 12.1 Å². The average Bonchev–Trinajstić information content (AvgIpc) is 2.71. The van der Waals surface area contributed by atoms with Gasteiger partial charge in [0, 0.05) is 31.5 Å². The van der Waals surface area contributed by atoms with Crippen LogP contribution >= 0.6 is 0 Å². The first kappa shape index (κ1) is 17.4.